The highest BCUT2D eigenvalue weighted by atomic mass is 16.5. The molecule has 4 rings (SSSR count). The number of ether oxygens (including phenoxy) is 1. The number of rotatable bonds is 7. The van der Waals surface area contributed by atoms with E-state index < -0.39 is 0 Å². The molecule has 0 aliphatic rings. The minimum absolute atomic E-state index is 0.103. The lowest BCUT2D eigenvalue weighted by Crippen LogP contribution is -2.18. The molecule has 4 aromatic rings. The zero-order valence-electron chi connectivity index (χ0n) is 16.7. The van der Waals surface area contributed by atoms with Crippen LogP contribution in [0.25, 0.3) is 22.6 Å². The van der Waals surface area contributed by atoms with E-state index in [-0.39, 0.29) is 6.04 Å². The highest BCUT2D eigenvalue weighted by Crippen LogP contribution is 2.33. The number of aryl methyl sites for hydroxylation is 1. The van der Waals surface area contributed by atoms with Crippen LogP contribution in [-0.2, 0) is 11.2 Å². The molecule has 0 spiro atoms. The summed E-state index contributed by atoms with van der Waals surface area (Å²) in [6.07, 6.45) is 6.57. The third-order valence-electron chi connectivity index (χ3n) is 5.01. The van der Waals surface area contributed by atoms with Crippen LogP contribution < -0.4 is 0 Å². The fourth-order valence-corrected chi connectivity index (χ4v) is 3.47. The normalized spacial score (nSPS) is 12.1. The summed E-state index contributed by atoms with van der Waals surface area (Å²) in [4.78, 5) is 14.1. The largest absolute Gasteiger partial charge is 0.382 e. The molecule has 146 valence electrons. The van der Waals surface area contributed by atoms with E-state index in [4.69, 9.17) is 14.7 Å². The third kappa shape index (κ3) is 3.96. The van der Waals surface area contributed by atoms with E-state index in [2.05, 4.69) is 40.7 Å². The van der Waals surface area contributed by atoms with E-state index in [1.54, 1.807) is 13.3 Å². The van der Waals surface area contributed by atoms with Gasteiger partial charge in [0, 0.05) is 25.1 Å². The van der Waals surface area contributed by atoms with Crippen LogP contribution in [0.1, 0.15) is 24.2 Å². The molecule has 0 aliphatic carbocycles. The van der Waals surface area contributed by atoms with Gasteiger partial charge in [-0.15, -0.1) is 0 Å². The van der Waals surface area contributed by atoms with Crippen molar-refractivity contribution < 1.29 is 4.74 Å². The quantitative estimate of drug-likeness (QED) is 0.459. The second-order valence-electron chi connectivity index (χ2n) is 6.85. The second kappa shape index (κ2) is 8.80. The Balaban J connectivity index is 1.90. The van der Waals surface area contributed by atoms with Gasteiger partial charge in [-0.3, -0.25) is 9.97 Å². The average molecular weight is 384 g/mol. The number of benzene rings is 1. The standard InChI is InChI=1S/C24H24N4O/c1-3-18-12-13-21(26-15-18)24-23(19-9-5-4-6-10-19)27-17-28(24)22(16-29-2)20-11-7-8-14-25-20/h4-15,17,22H,3,16H2,1-2H3/t22-/m1/s1. The van der Waals surface area contributed by atoms with Gasteiger partial charge in [0.25, 0.3) is 0 Å². The van der Waals surface area contributed by atoms with Crippen molar-refractivity contribution in [3.8, 4) is 22.6 Å². The van der Waals surface area contributed by atoms with E-state index in [9.17, 15) is 0 Å². The number of imidazole rings is 1. The van der Waals surface area contributed by atoms with Crippen molar-refractivity contribution in [1.29, 1.82) is 0 Å². The number of pyridine rings is 2. The highest BCUT2D eigenvalue weighted by Gasteiger charge is 2.23. The lowest BCUT2D eigenvalue weighted by Gasteiger charge is -2.20. The van der Waals surface area contributed by atoms with Crippen molar-refractivity contribution in [3.05, 3.63) is 90.6 Å². The molecule has 0 N–H and O–H groups in total. The van der Waals surface area contributed by atoms with Crippen LogP contribution in [0.4, 0.5) is 0 Å². The van der Waals surface area contributed by atoms with Crippen molar-refractivity contribution in [2.45, 2.75) is 19.4 Å². The Kier molecular flexibility index (Phi) is 5.77. The van der Waals surface area contributed by atoms with Gasteiger partial charge in [-0.05, 0) is 30.2 Å². The Hall–Kier alpha value is -3.31. The lowest BCUT2D eigenvalue weighted by atomic mass is 10.1. The summed E-state index contributed by atoms with van der Waals surface area (Å²) in [7, 11) is 1.71. The maximum absolute atomic E-state index is 5.55. The minimum atomic E-state index is -0.103. The fourth-order valence-electron chi connectivity index (χ4n) is 3.47. The first-order valence-corrected chi connectivity index (χ1v) is 9.79. The second-order valence-corrected chi connectivity index (χ2v) is 6.85. The molecule has 0 saturated heterocycles. The van der Waals surface area contributed by atoms with Gasteiger partial charge in [0.05, 0.1) is 35.7 Å². The van der Waals surface area contributed by atoms with E-state index in [0.29, 0.717) is 6.61 Å². The number of hydrogen-bond donors (Lipinski definition) is 0. The minimum Gasteiger partial charge on any atom is -0.382 e. The number of hydrogen-bond acceptors (Lipinski definition) is 4. The van der Waals surface area contributed by atoms with Crippen LogP contribution in [0, 0.1) is 0 Å². The van der Waals surface area contributed by atoms with E-state index in [0.717, 1.165) is 34.8 Å². The first kappa shape index (κ1) is 19.0. The van der Waals surface area contributed by atoms with Gasteiger partial charge in [0.1, 0.15) is 6.04 Å². The number of methoxy groups -OCH3 is 1. The molecule has 0 bridgehead atoms. The molecule has 0 saturated carbocycles. The Morgan fingerprint density at radius 2 is 1.76 bits per heavy atom. The van der Waals surface area contributed by atoms with Crippen LogP contribution >= 0.6 is 0 Å². The SMILES string of the molecule is CCc1ccc(-c2c(-c3ccccc3)ncn2[C@H](COC)c2ccccn2)nc1. The van der Waals surface area contributed by atoms with E-state index in [1.807, 2.05) is 48.9 Å². The summed E-state index contributed by atoms with van der Waals surface area (Å²) >= 11 is 0. The van der Waals surface area contributed by atoms with Crippen LogP contribution in [0.5, 0.6) is 0 Å². The topological polar surface area (TPSA) is 52.8 Å². The molecule has 5 heteroatoms. The Morgan fingerprint density at radius 1 is 0.931 bits per heavy atom. The summed E-state index contributed by atoms with van der Waals surface area (Å²) in [5.74, 6) is 0. The van der Waals surface area contributed by atoms with Crippen LogP contribution in [0.2, 0.25) is 0 Å². The Morgan fingerprint density at radius 3 is 2.41 bits per heavy atom. The zero-order valence-corrected chi connectivity index (χ0v) is 16.7. The molecular weight excluding hydrogens is 360 g/mol. The van der Waals surface area contributed by atoms with Crippen molar-refractivity contribution in [3.63, 3.8) is 0 Å². The third-order valence-corrected chi connectivity index (χ3v) is 5.01. The number of aromatic nitrogens is 4. The van der Waals surface area contributed by atoms with Crippen molar-refractivity contribution in [2.75, 3.05) is 13.7 Å². The number of nitrogens with zero attached hydrogens (tertiary/aromatic N) is 4. The fraction of sp³-hybridized carbons (Fsp3) is 0.208. The summed E-state index contributed by atoms with van der Waals surface area (Å²) < 4.78 is 7.67. The lowest BCUT2D eigenvalue weighted by molar-refractivity contribution is 0.168. The van der Waals surface area contributed by atoms with Gasteiger partial charge in [-0.2, -0.15) is 0 Å². The Bertz CT molecular complexity index is 1040. The van der Waals surface area contributed by atoms with E-state index in [1.165, 1.54) is 5.56 Å². The van der Waals surface area contributed by atoms with Gasteiger partial charge in [0.15, 0.2) is 0 Å². The van der Waals surface area contributed by atoms with Gasteiger partial charge in [-0.25, -0.2) is 4.98 Å². The summed E-state index contributed by atoms with van der Waals surface area (Å²) in [5.41, 5.74) is 5.94. The summed E-state index contributed by atoms with van der Waals surface area (Å²) in [6.45, 7) is 2.62. The molecule has 0 amide bonds. The predicted molar refractivity (Wildman–Crippen MR) is 115 cm³/mol. The molecule has 0 aliphatic heterocycles. The van der Waals surface area contributed by atoms with Crippen molar-refractivity contribution in [2.24, 2.45) is 0 Å². The van der Waals surface area contributed by atoms with Crippen LogP contribution in [0.15, 0.2) is 79.4 Å². The predicted octanol–water partition coefficient (Wildman–Crippen LogP) is 4.81. The molecule has 0 unspecified atom stereocenters. The van der Waals surface area contributed by atoms with Crippen LogP contribution in [0.3, 0.4) is 0 Å². The summed E-state index contributed by atoms with van der Waals surface area (Å²) in [5, 5.41) is 0. The molecule has 3 heterocycles. The molecule has 1 aromatic carbocycles. The van der Waals surface area contributed by atoms with Gasteiger partial charge in [0.2, 0.25) is 0 Å². The molecule has 0 radical (unpaired) electrons. The molecule has 29 heavy (non-hydrogen) atoms. The highest BCUT2D eigenvalue weighted by molar-refractivity contribution is 5.77. The maximum atomic E-state index is 5.55. The van der Waals surface area contributed by atoms with Crippen molar-refractivity contribution >= 4 is 0 Å². The monoisotopic (exact) mass is 384 g/mol. The van der Waals surface area contributed by atoms with Gasteiger partial charge < -0.3 is 9.30 Å². The molecule has 0 fully saturated rings. The first-order chi connectivity index (χ1) is 14.3. The molecule has 3 aromatic heterocycles. The van der Waals surface area contributed by atoms with Gasteiger partial charge >= 0.3 is 0 Å². The smallest absolute Gasteiger partial charge is 0.101 e. The van der Waals surface area contributed by atoms with E-state index >= 15 is 0 Å². The maximum Gasteiger partial charge on any atom is 0.101 e. The molecule has 5 nitrogen and oxygen atoms in total. The molecule has 1 atom stereocenters. The molecular formula is C24H24N4O. The Labute approximate surface area is 171 Å². The van der Waals surface area contributed by atoms with Crippen LogP contribution in [-0.4, -0.2) is 33.2 Å². The average Bonchev–Trinajstić information content (AvgIpc) is 3.23. The zero-order chi connectivity index (χ0) is 20.1. The van der Waals surface area contributed by atoms with Crippen molar-refractivity contribution in [1.82, 2.24) is 19.5 Å². The summed E-state index contributed by atoms with van der Waals surface area (Å²) in [6, 6.07) is 20.2. The first-order valence-electron chi connectivity index (χ1n) is 9.79. The van der Waals surface area contributed by atoms with Gasteiger partial charge in [-0.1, -0.05) is 49.4 Å².